The molecule has 0 saturated heterocycles. The highest BCUT2D eigenvalue weighted by Gasteiger charge is 2.24. The van der Waals surface area contributed by atoms with Crippen LogP contribution in [0.15, 0.2) is 78.9 Å². The van der Waals surface area contributed by atoms with E-state index < -0.39 is 0 Å². The maximum atomic E-state index is 2.37. The Morgan fingerprint density at radius 2 is 1.12 bits per heavy atom. The molecule has 0 aliphatic rings. The summed E-state index contributed by atoms with van der Waals surface area (Å²) < 4.78 is 0. The first-order valence-corrected chi connectivity index (χ1v) is 8.49. The second kappa shape index (κ2) is 6.52. The molecule has 3 rings (SSSR count). The zero-order valence-corrected chi connectivity index (χ0v) is 15.0. The molecule has 0 saturated carbocycles. The summed E-state index contributed by atoms with van der Waals surface area (Å²) in [4.78, 5) is 2.37. The van der Waals surface area contributed by atoms with Crippen molar-refractivity contribution in [1.29, 1.82) is 0 Å². The van der Waals surface area contributed by atoms with E-state index in [2.05, 4.69) is 111 Å². The van der Waals surface area contributed by atoms with Crippen LogP contribution in [0.4, 0.5) is 17.1 Å². The van der Waals surface area contributed by atoms with Gasteiger partial charge in [-0.3, -0.25) is 0 Å². The van der Waals surface area contributed by atoms with Gasteiger partial charge in [-0.2, -0.15) is 0 Å². The average molecular weight is 315 g/mol. The lowest BCUT2D eigenvalue weighted by atomic mass is 9.84. The van der Waals surface area contributed by atoms with Crippen LogP contribution in [0, 0.1) is 6.92 Å². The van der Waals surface area contributed by atoms with Crippen molar-refractivity contribution in [2.45, 2.75) is 33.1 Å². The van der Waals surface area contributed by atoms with Crippen LogP contribution < -0.4 is 4.90 Å². The molecule has 0 atom stereocenters. The molecule has 1 heteroatoms. The van der Waals surface area contributed by atoms with Crippen LogP contribution in [0.2, 0.25) is 0 Å². The van der Waals surface area contributed by atoms with Gasteiger partial charge in [-0.15, -0.1) is 0 Å². The summed E-state index contributed by atoms with van der Waals surface area (Å²) in [7, 11) is 0. The lowest BCUT2D eigenvalue weighted by Crippen LogP contribution is -2.20. The van der Waals surface area contributed by atoms with Crippen LogP contribution >= 0.6 is 0 Å². The van der Waals surface area contributed by atoms with E-state index in [0.29, 0.717) is 0 Å². The van der Waals surface area contributed by atoms with Gasteiger partial charge in [0.2, 0.25) is 0 Å². The zero-order valence-electron chi connectivity index (χ0n) is 15.0. The molecule has 122 valence electrons. The van der Waals surface area contributed by atoms with Gasteiger partial charge in [0.25, 0.3) is 0 Å². The van der Waals surface area contributed by atoms with Gasteiger partial charge in [-0.05, 0) is 47.7 Å². The summed E-state index contributed by atoms with van der Waals surface area (Å²) in [5.74, 6) is 0. The Morgan fingerprint density at radius 3 is 1.58 bits per heavy atom. The molecule has 0 fully saturated rings. The number of hydrogen-bond acceptors (Lipinski definition) is 1. The van der Waals surface area contributed by atoms with E-state index >= 15 is 0 Å². The highest BCUT2D eigenvalue weighted by molar-refractivity contribution is 5.81. The molecule has 0 aromatic heterocycles. The minimum atomic E-state index is 0.0726. The smallest absolute Gasteiger partial charge is 0.0528 e. The van der Waals surface area contributed by atoms with Gasteiger partial charge in [-0.1, -0.05) is 75.4 Å². The molecule has 24 heavy (non-hydrogen) atoms. The van der Waals surface area contributed by atoms with Crippen molar-refractivity contribution < 1.29 is 0 Å². The van der Waals surface area contributed by atoms with E-state index in [9.17, 15) is 0 Å². The third-order valence-corrected chi connectivity index (χ3v) is 4.30. The minimum Gasteiger partial charge on any atom is -0.310 e. The van der Waals surface area contributed by atoms with Crippen LogP contribution in [0.25, 0.3) is 0 Å². The standard InChI is InChI=1S/C23H25N/c1-18-12-11-17-21(23(2,3)4)22(18)24(19-13-7-5-8-14-19)20-15-9-6-10-16-20/h5-17H,1-4H3. The number of hydrogen-bond donors (Lipinski definition) is 0. The number of anilines is 3. The van der Waals surface area contributed by atoms with Crippen molar-refractivity contribution in [1.82, 2.24) is 0 Å². The van der Waals surface area contributed by atoms with Crippen molar-refractivity contribution >= 4 is 17.1 Å². The largest absolute Gasteiger partial charge is 0.310 e. The second-order valence-electron chi connectivity index (χ2n) is 7.23. The molecule has 0 spiro atoms. The van der Waals surface area contributed by atoms with E-state index in [-0.39, 0.29) is 5.41 Å². The van der Waals surface area contributed by atoms with Gasteiger partial charge < -0.3 is 4.90 Å². The predicted molar refractivity (Wildman–Crippen MR) is 105 cm³/mol. The molecule has 0 amide bonds. The molecule has 0 unspecified atom stereocenters. The van der Waals surface area contributed by atoms with Crippen molar-refractivity contribution in [2.75, 3.05) is 4.90 Å². The summed E-state index contributed by atoms with van der Waals surface area (Å²) in [5, 5.41) is 0. The number of rotatable bonds is 3. The molecule has 0 heterocycles. The highest BCUT2D eigenvalue weighted by Crippen LogP contribution is 2.42. The number of para-hydroxylation sites is 3. The van der Waals surface area contributed by atoms with Gasteiger partial charge >= 0.3 is 0 Å². The molecular formula is C23H25N. The monoisotopic (exact) mass is 315 g/mol. The van der Waals surface area contributed by atoms with Crippen LogP contribution in [0.1, 0.15) is 31.9 Å². The Hall–Kier alpha value is -2.54. The van der Waals surface area contributed by atoms with Crippen LogP contribution in [0.5, 0.6) is 0 Å². The number of aryl methyl sites for hydroxylation is 1. The second-order valence-corrected chi connectivity index (χ2v) is 7.23. The Morgan fingerprint density at radius 1 is 0.625 bits per heavy atom. The summed E-state index contributed by atoms with van der Waals surface area (Å²) in [6.07, 6.45) is 0. The molecular weight excluding hydrogens is 290 g/mol. The van der Waals surface area contributed by atoms with Gasteiger partial charge in [0.1, 0.15) is 0 Å². The van der Waals surface area contributed by atoms with Crippen molar-refractivity contribution in [2.24, 2.45) is 0 Å². The zero-order chi connectivity index (χ0) is 17.2. The van der Waals surface area contributed by atoms with Crippen LogP contribution in [-0.4, -0.2) is 0 Å². The maximum Gasteiger partial charge on any atom is 0.0528 e. The van der Waals surface area contributed by atoms with Gasteiger partial charge in [-0.25, -0.2) is 0 Å². The van der Waals surface area contributed by atoms with Gasteiger partial charge in [0.05, 0.1) is 5.69 Å². The summed E-state index contributed by atoms with van der Waals surface area (Å²) in [6.45, 7) is 9.03. The normalized spacial score (nSPS) is 11.3. The Bertz CT molecular complexity index is 759. The van der Waals surface area contributed by atoms with E-state index in [0.717, 1.165) is 0 Å². The SMILES string of the molecule is Cc1cccc(C(C)(C)C)c1N(c1ccccc1)c1ccccc1. The van der Waals surface area contributed by atoms with Crippen molar-refractivity contribution in [3.63, 3.8) is 0 Å². The first-order chi connectivity index (χ1) is 11.5. The first-order valence-electron chi connectivity index (χ1n) is 8.49. The molecule has 3 aromatic carbocycles. The molecule has 3 aromatic rings. The van der Waals surface area contributed by atoms with Crippen LogP contribution in [0.3, 0.4) is 0 Å². The summed E-state index contributed by atoms with van der Waals surface area (Å²) in [6, 6.07) is 27.8. The van der Waals surface area contributed by atoms with Gasteiger partial charge in [0.15, 0.2) is 0 Å². The van der Waals surface area contributed by atoms with E-state index in [1.807, 2.05) is 0 Å². The summed E-state index contributed by atoms with van der Waals surface area (Å²) >= 11 is 0. The van der Waals surface area contributed by atoms with Crippen molar-refractivity contribution in [3.8, 4) is 0 Å². The molecule has 0 N–H and O–H groups in total. The maximum absolute atomic E-state index is 2.37. The topological polar surface area (TPSA) is 3.24 Å². The predicted octanol–water partition coefficient (Wildman–Crippen LogP) is 6.76. The molecule has 0 aliphatic carbocycles. The average Bonchev–Trinajstić information content (AvgIpc) is 2.57. The van der Waals surface area contributed by atoms with Crippen molar-refractivity contribution in [3.05, 3.63) is 90.0 Å². The highest BCUT2D eigenvalue weighted by atomic mass is 15.1. The summed E-state index contributed by atoms with van der Waals surface area (Å²) in [5.41, 5.74) is 6.36. The molecule has 0 bridgehead atoms. The van der Waals surface area contributed by atoms with E-state index in [4.69, 9.17) is 0 Å². The molecule has 1 nitrogen and oxygen atoms in total. The van der Waals surface area contributed by atoms with E-state index in [1.165, 1.54) is 28.2 Å². The van der Waals surface area contributed by atoms with Gasteiger partial charge in [0, 0.05) is 11.4 Å². The quantitative estimate of drug-likeness (QED) is 0.516. The fourth-order valence-electron chi connectivity index (χ4n) is 3.12. The number of nitrogens with zero attached hydrogens (tertiary/aromatic N) is 1. The van der Waals surface area contributed by atoms with Crippen LogP contribution in [-0.2, 0) is 5.41 Å². The lowest BCUT2D eigenvalue weighted by Gasteiger charge is -2.33. The Balaban J connectivity index is 2.29. The molecule has 0 aliphatic heterocycles. The third kappa shape index (κ3) is 3.21. The fourth-order valence-corrected chi connectivity index (χ4v) is 3.12. The minimum absolute atomic E-state index is 0.0726. The third-order valence-electron chi connectivity index (χ3n) is 4.30. The number of benzene rings is 3. The lowest BCUT2D eigenvalue weighted by molar-refractivity contribution is 0.590. The first kappa shape index (κ1) is 16.3. The Kier molecular flexibility index (Phi) is 4.44. The Labute approximate surface area is 145 Å². The fraction of sp³-hybridized carbons (Fsp3) is 0.217. The van der Waals surface area contributed by atoms with E-state index in [1.54, 1.807) is 0 Å². The molecule has 0 radical (unpaired) electrons.